The summed E-state index contributed by atoms with van der Waals surface area (Å²) < 4.78 is 82.3. The number of aromatic nitrogens is 1. The van der Waals surface area contributed by atoms with E-state index in [0.29, 0.717) is 6.20 Å². The minimum Gasteiger partial charge on any atom is -0.469 e. The maximum Gasteiger partial charge on any atom is 0.574 e. The van der Waals surface area contributed by atoms with Crippen molar-refractivity contribution in [3.8, 4) is 5.88 Å². The lowest BCUT2D eigenvalue weighted by atomic mass is 10.1. The Kier molecular flexibility index (Phi) is 4.79. The number of hydrogen-bond donors (Lipinski definition) is 0. The van der Waals surface area contributed by atoms with Crippen molar-refractivity contribution in [1.29, 1.82) is 0 Å². The fourth-order valence-corrected chi connectivity index (χ4v) is 1.26. The third-order valence-corrected chi connectivity index (χ3v) is 2.08. The van der Waals surface area contributed by atoms with Crippen LogP contribution in [0.1, 0.15) is 17.6 Å². The van der Waals surface area contributed by atoms with Crippen LogP contribution in [-0.4, -0.2) is 24.4 Å². The highest BCUT2D eigenvalue weighted by atomic mass is 19.4. The number of carbonyl (C=O) groups is 1. The van der Waals surface area contributed by atoms with Gasteiger partial charge in [0.2, 0.25) is 5.88 Å². The molecule has 0 aliphatic carbocycles. The monoisotopic (exact) mass is 303 g/mol. The topological polar surface area (TPSA) is 48.4 Å². The van der Waals surface area contributed by atoms with Crippen LogP contribution in [0, 0.1) is 5.82 Å². The summed E-state index contributed by atoms with van der Waals surface area (Å²) in [6.45, 7) is 0. The average molecular weight is 303 g/mol. The summed E-state index contributed by atoms with van der Waals surface area (Å²) in [5.41, 5.74) is -2.29. The number of rotatable bonds is 4. The second kappa shape index (κ2) is 5.97. The molecule has 0 aliphatic heterocycles. The van der Waals surface area contributed by atoms with Gasteiger partial charge in [-0.05, 0) is 0 Å². The molecule has 0 radical (unpaired) electrons. The number of nitrogens with zero attached hydrogens (tertiary/aromatic N) is 1. The highest BCUT2D eigenvalue weighted by molar-refractivity contribution is 5.72. The lowest BCUT2D eigenvalue weighted by molar-refractivity contribution is -0.276. The molecule has 10 heteroatoms. The number of carbonyl (C=O) groups excluding carboxylic acids is 1. The molecule has 4 nitrogen and oxygen atoms in total. The zero-order valence-electron chi connectivity index (χ0n) is 9.80. The van der Waals surface area contributed by atoms with Gasteiger partial charge >= 0.3 is 12.3 Å². The molecule has 0 saturated heterocycles. The maximum atomic E-state index is 13.7. The number of esters is 1. The highest BCUT2D eigenvalue weighted by Gasteiger charge is 2.36. The van der Waals surface area contributed by atoms with Crippen LogP contribution in [0.5, 0.6) is 5.88 Å². The summed E-state index contributed by atoms with van der Waals surface area (Å²) in [4.78, 5) is 13.9. The minimum absolute atomic E-state index is 0.499. The van der Waals surface area contributed by atoms with Crippen molar-refractivity contribution >= 4 is 5.97 Å². The first kappa shape index (κ1) is 16.1. The van der Waals surface area contributed by atoms with E-state index in [9.17, 15) is 31.1 Å². The molecule has 1 heterocycles. The number of pyridine rings is 1. The van der Waals surface area contributed by atoms with E-state index in [0.717, 1.165) is 7.11 Å². The number of ether oxygens (including phenoxy) is 2. The van der Waals surface area contributed by atoms with Crippen LogP contribution in [0.3, 0.4) is 0 Å². The van der Waals surface area contributed by atoms with E-state index in [4.69, 9.17) is 0 Å². The Bertz CT molecular complexity index is 503. The van der Waals surface area contributed by atoms with Crippen molar-refractivity contribution in [3.63, 3.8) is 0 Å². The van der Waals surface area contributed by atoms with Gasteiger partial charge in [0.1, 0.15) is 11.4 Å². The van der Waals surface area contributed by atoms with Crippen LogP contribution in [0.4, 0.5) is 26.3 Å². The molecule has 20 heavy (non-hydrogen) atoms. The Morgan fingerprint density at radius 1 is 1.40 bits per heavy atom. The van der Waals surface area contributed by atoms with E-state index in [2.05, 4.69) is 14.5 Å². The Labute approximate surface area is 108 Å². The highest BCUT2D eigenvalue weighted by Crippen LogP contribution is 2.34. The number of hydrogen-bond acceptors (Lipinski definition) is 4. The summed E-state index contributed by atoms with van der Waals surface area (Å²) >= 11 is 0. The van der Waals surface area contributed by atoms with E-state index < -0.39 is 48.0 Å². The van der Waals surface area contributed by atoms with Gasteiger partial charge < -0.3 is 9.47 Å². The Balaban J connectivity index is 3.23. The van der Waals surface area contributed by atoms with E-state index in [-0.39, 0.29) is 0 Å². The Hall–Kier alpha value is -2.00. The average Bonchev–Trinajstić information content (AvgIpc) is 2.30. The van der Waals surface area contributed by atoms with Gasteiger partial charge in [0, 0.05) is 11.8 Å². The zero-order valence-corrected chi connectivity index (χ0v) is 9.80. The van der Waals surface area contributed by atoms with Crippen LogP contribution in [0.15, 0.2) is 6.20 Å². The SMILES string of the molecule is COC(=O)Cc1cnc(OC(F)(F)F)c(C(F)F)c1F. The lowest BCUT2D eigenvalue weighted by Crippen LogP contribution is -2.20. The predicted octanol–water partition coefficient (Wildman–Crippen LogP) is 2.77. The second-order valence-electron chi connectivity index (χ2n) is 3.42. The number of alkyl halides is 5. The minimum atomic E-state index is -5.30. The van der Waals surface area contributed by atoms with Crippen LogP contribution < -0.4 is 4.74 Å². The third kappa shape index (κ3) is 4.00. The maximum absolute atomic E-state index is 13.7. The van der Waals surface area contributed by atoms with Crippen molar-refractivity contribution in [1.82, 2.24) is 4.98 Å². The fourth-order valence-electron chi connectivity index (χ4n) is 1.26. The largest absolute Gasteiger partial charge is 0.574 e. The first-order valence-electron chi connectivity index (χ1n) is 4.93. The van der Waals surface area contributed by atoms with Crippen LogP contribution in [-0.2, 0) is 16.0 Å². The molecule has 1 rings (SSSR count). The second-order valence-corrected chi connectivity index (χ2v) is 3.42. The first-order valence-corrected chi connectivity index (χ1v) is 4.93. The van der Waals surface area contributed by atoms with Gasteiger partial charge in [-0.25, -0.2) is 18.2 Å². The standard InChI is InChI=1S/C10H7F6NO3/c1-19-5(18)2-4-3-17-9(20-10(14,15)16)6(7(4)11)8(12)13/h3,8H,2H2,1H3. The van der Waals surface area contributed by atoms with E-state index in [1.807, 2.05) is 0 Å². The Morgan fingerprint density at radius 3 is 2.45 bits per heavy atom. The third-order valence-electron chi connectivity index (χ3n) is 2.08. The molecule has 0 aromatic carbocycles. The van der Waals surface area contributed by atoms with Crippen molar-refractivity contribution in [2.24, 2.45) is 0 Å². The van der Waals surface area contributed by atoms with Gasteiger partial charge in [-0.1, -0.05) is 0 Å². The van der Waals surface area contributed by atoms with Gasteiger partial charge in [-0.3, -0.25) is 4.79 Å². The zero-order chi connectivity index (χ0) is 15.5. The molecule has 1 aromatic heterocycles. The summed E-state index contributed by atoms with van der Waals surface area (Å²) in [7, 11) is 0.975. The quantitative estimate of drug-likeness (QED) is 0.634. The molecule has 0 fully saturated rings. The molecule has 0 amide bonds. The molecular weight excluding hydrogens is 296 g/mol. The van der Waals surface area contributed by atoms with Crippen molar-refractivity contribution in [2.75, 3.05) is 7.11 Å². The van der Waals surface area contributed by atoms with Gasteiger partial charge in [0.15, 0.2) is 0 Å². The van der Waals surface area contributed by atoms with Gasteiger partial charge in [0.25, 0.3) is 6.43 Å². The summed E-state index contributed by atoms with van der Waals surface area (Å²) in [5, 5.41) is 0. The van der Waals surface area contributed by atoms with E-state index >= 15 is 0 Å². The van der Waals surface area contributed by atoms with Crippen molar-refractivity contribution in [2.45, 2.75) is 19.2 Å². The van der Waals surface area contributed by atoms with Crippen LogP contribution in [0.25, 0.3) is 0 Å². The van der Waals surface area contributed by atoms with Crippen molar-refractivity contribution < 1.29 is 40.6 Å². The van der Waals surface area contributed by atoms with Gasteiger partial charge in [-0.15, -0.1) is 13.2 Å². The molecule has 0 aliphatic rings. The van der Waals surface area contributed by atoms with Gasteiger partial charge in [0.05, 0.1) is 13.5 Å². The predicted molar refractivity (Wildman–Crippen MR) is 51.6 cm³/mol. The molecule has 0 N–H and O–H groups in total. The first-order chi connectivity index (χ1) is 9.15. The van der Waals surface area contributed by atoms with Crippen molar-refractivity contribution in [3.05, 3.63) is 23.1 Å². The van der Waals surface area contributed by atoms with E-state index in [1.165, 1.54) is 0 Å². The molecule has 1 aromatic rings. The van der Waals surface area contributed by atoms with Gasteiger partial charge in [-0.2, -0.15) is 0 Å². The van der Waals surface area contributed by atoms with Crippen LogP contribution >= 0.6 is 0 Å². The molecule has 0 spiro atoms. The summed E-state index contributed by atoms with van der Waals surface area (Å²) in [5.74, 6) is -4.26. The summed E-state index contributed by atoms with van der Waals surface area (Å²) in [6, 6.07) is 0. The molecule has 112 valence electrons. The van der Waals surface area contributed by atoms with E-state index in [1.54, 1.807) is 0 Å². The molecule has 0 atom stereocenters. The molecule has 0 unspecified atom stereocenters. The number of halogens is 6. The Morgan fingerprint density at radius 2 is 2.00 bits per heavy atom. The fraction of sp³-hybridized carbons (Fsp3) is 0.400. The molecule has 0 bridgehead atoms. The van der Waals surface area contributed by atoms with Crippen LogP contribution in [0.2, 0.25) is 0 Å². The number of methoxy groups -OCH3 is 1. The molecular formula is C10H7F6NO3. The normalized spacial score (nSPS) is 11.6. The lowest BCUT2D eigenvalue weighted by Gasteiger charge is -2.14. The summed E-state index contributed by atoms with van der Waals surface area (Å²) in [6.07, 6.45) is -9.15. The smallest absolute Gasteiger partial charge is 0.469 e. The molecule has 0 saturated carbocycles.